The lowest BCUT2D eigenvalue weighted by Gasteiger charge is -2.16. The van der Waals surface area contributed by atoms with E-state index in [1.807, 2.05) is 36.6 Å². The average molecular weight is 390 g/mol. The first-order valence-electron chi connectivity index (χ1n) is 7.97. The topological polar surface area (TPSA) is 54.0 Å². The van der Waals surface area contributed by atoms with E-state index < -0.39 is 11.9 Å². The standard InChI is InChI=1S/C19H17ClFN3OS/c1-11(19(25)24-17-8-5-14(21)9-16(17)20)22-15-6-3-13(4-7-15)18-10-26-12(2)23-18/h3-11,22H,1-2H3,(H,24,25). The molecule has 0 fully saturated rings. The number of amides is 1. The van der Waals surface area contributed by atoms with Gasteiger partial charge in [-0.1, -0.05) is 23.7 Å². The van der Waals surface area contributed by atoms with Crippen LogP contribution in [0.2, 0.25) is 5.02 Å². The summed E-state index contributed by atoms with van der Waals surface area (Å²) in [6.07, 6.45) is 0. The molecule has 2 N–H and O–H groups in total. The quantitative estimate of drug-likeness (QED) is 0.618. The molecule has 0 aliphatic carbocycles. The average Bonchev–Trinajstić information content (AvgIpc) is 3.04. The largest absolute Gasteiger partial charge is 0.374 e. The fourth-order valence-corrected chi connectivity index (χ4v) is 3.22. The Kier molecular flexibility index (Phi) is 5.54. The minimum Gasteiger partial charge on any atom is -0.374 e. The lowest BCUT2D eigenvalue weighted by atomic mass is 10.1. The number of benzene rings is 2. The monoisotopic (exact) mass is 389 g/mol. The highest BCUT2D eigenvalue weighted by Gasteiger charge is 2.14. The molecule has 1 amide bonds. The van der Waals surface area contributed by atoms with Crippen LogP contribution >= 0.6 is 22.9 Å². The predicted molar refractivity (Wildman–Crippen MR) is 105 cm³/mol. The van der Waals surface area contributed by atoms with Gasteiger partial charge in [-0.3, -0.25) is 4.79 Å². The number of halogens is 2. The van der Waals surface area contributed by atoms with Gasteiger partial charge in [0.1, 0.15) is 11.9 Å². The molecule has 0 aliphatic rings. The Hall–Kier alpha value is -2.44. The van der Waals surface area contributed by atoms with Gasteiger partial charge in [0, 0.05) is 16.6 Å². The van der Waals surface area contributed by atoms with E-state index in [0.29, 0.717) is 5.69 Å². The number of nitrogens with zero attached hydrogens (tertiary/aromatic N) is 1. The minimum atomic E-state index is -0.497. The molecule has 26 heavy (non-hydrogen) atoms. The zero-order valence-corrected chi connectivity index (χ0v) is 15.8. The van der Waals surface area contributed by atoms with Crippen LogP contribution in [0.3, 0.4) is 0 Å². The third-order valence-corrected chi connectivity index (χ3v) is 4.85. The highest BCUT2D eigenvalue weighted by molar-refractivity contribution is 7.09. The Balaban J connectivity index is 1.63. The minimum absolute atomic E-state index is 0.161. The zero-order chi connectivity index (χ0) is 18.7. The number of hydrogen-bond donors (Lipinski definition) is 2. The molecular weight excluding hydrogens is 373 g/mol. The van der Waals surface area contributed by atoms with Crippen LogP contribution in [-0.4, -0.2) is 16.9 Å². The van der Waals surface area contributed by atoms with Crippen LogP contribution < -0.4 is 10.6 Å². The maximum atomic E-state index is 13.1. The van der Waals surface area contributed by atoms with Crippen molar-refractivity contribution in [3.8, 4) is 11.3 Å². The summed E-state index contributed by atoms with van der Waals surface area (Å²) in [6, 6.07) is 11.1. The maximum Gasteiger partial charge on any atom is 0.246 e. The fourth-order valence-electron chi connectivity index (χ4n) is 2.38. The van der Waals surface area contributed by atoms with Gasteiger partial charge in [0.2, 0.25) is 5.91 Å². The molecule has 134 valence electrons. The van der Waals surface area contributed by atoms with Crippen LogP contribution in [0.1, 0.15) is 11.9 Å². The molecule has 2 aromatic carbocycles. The van der Waals surface area contributed by atoms with Gasteiger partial charge < -0.3 is 10.6 Å². The summed E-state index contributed by atoms with van der Waals surface area (Å²) < 4.78 is 13.1. The number of carbonyl (C=O) groups excluding carboxylic acids is 1. The number of aromatic nitrogens is 1. The Bertz CT molecular complexity index is 927. The first kappa shape index (κ1) is 18.4. The van der Waals surface area contributed by atoms with Crippen molar-refractivity contribution in [2.75, 3.05) is 10.6 Å². The number of carbonyl (C=O) groups is 1. The maximum absolute atomic E-state index is 13.1. The van der Waals surface area contributed by atoms with Crippen molar-refractivity contribution < 1.29 is 9.18 Å². The fraction of sp³-hybridized carbons (Fsp3) is 0.158. The molecular formula is C19H17ClFN3OS. The van der Waals surface area contributed by atoms with Gasteiger partial charge in [-0.2, -0.15) is 0 Å². The molecule has 4 nitrogen and oxygen atoms in total. The summed E-state index contributed by atoms with van der Waals surface area (Å²) in [6.45, 7) is 3.71. The summed E-state index contributed by atoms with van der Waals surface area (Å²) in [5.41, 5.74) is 3.15. The van der Waals surface area contributed by atoms with E-state index in [2.05, 4.69) is 15.6 Å². The molecule has 0 bridgehead atoms. The Labute approximate surface area is 160 Å². The van der Waals surface area contributed by atoms with E-state index in [-0.39, 0.29) is 10.9 Å². The lowest BCUT2D eigenvalue weighted by Crippen LogP contribution is -2.31. The molecule has 0 aliphatic heterocycles. The van der Waals surface area contributed by atoms with Crippen LogP contribution in [0.15, 0.2) is 47.8 Å². The summed E-state index contributed by atoms with van der Waals surface area (Å²) in [5.74, 6) is -0.715. The summed E-state index contributed by atoms with van der Waals surface area (Å²) in [4.78, 5) is 16.8. The van der Waals surface area contributed by atoms with Crippen LogP contribution in [0.5, 0.6) is 0 Å². The number of anilines is 2. The van der Waals surface area contributed by atoms with Crippen LogP contribution in [0.4, 0.5) is 15.8 Å². The van der Waals surface area contributed by atoms with Crippen molar-refractivity contribution >= 4 is 40.2 Å². The molecule has 3 rings (SSSR count). The normalized spacial score (nSPS) is 11.8. The highest BCUT2D eigenvalue weighted by atomic mass is 35.5. The molecule has 0 radical (unpaired) electrons. The van der Waals surface area contributed by atoms with E-state index in [0.717, 1.165) is 28.0 Å². The van der Waals surface area contributed by atoms with E-state index >= 15 is 0 Å². The molecule has 0 saturated carbocycles. The molecule has 1 heterocycles. The molecule has 0 spiro atoms. The van der Waals surface area contributed by atoms with E-state index in [1.165, 1.54) is 12.1 Å². The van der Waals surface area contributed by atoms with Crippen LogP contribution in [-0.2, 0) is 4.79 Å². The lowest BCUT2D eigenvalue weighted by molar-refractivity contribution is -0.116. The van der Waals surface area contributed by atoms with E-state index in [9.17, 15) is 9.18 Å². The van der Waals surface area contributed by atoms with Gasteiger partial charge in [-0.05, 0) is 44.2 Å². The number of aryl methyl sites for hydroxylation is 1. The summed E-state index contributed by atoms with van der Waals surface area (Å²) >= 11 is 7.54. The third kappa shape index (κ3) is 4.39. The molecule has 1 aromatic heterocycles. The summed E-state index contributed by atoms with van der Waals surface area (Å²) in [5, 5.41) is 9.01. The molecule has 7 heteroatoms. The van der Waals surface area contributed by atoms with Gasteiger partial charge in [0.15, 0.2) is 0 Å². The second kappa shape index (κ2) is 7.85. The Morgan fingerprint density at radius 3 is 2.58 bits per heavy atom. The number of hydrogen-bond acceptors (Lipinski definition) is 4. The highest BCUT2D eigenvalue weighted by Crippen LogP contribution is 2.24. The molecule has 1 unspecified atom stereocenters. The van der Waals surface area contributed by atoms with Crippen LogP contribution in [0.25, 0.3) is 11.3 Å². The first-order valence-corrected chi connectivity index (χ1v) is 9.23. The van der Waals surface area contributed by atoms with Crippen molar-refractivity contribution in [1.29, 1.82) is 0 Å². The molecule has 0 saturated heterocycles. The van der Waals surface area contributed by atoms with Gasteiger partial charge in [0.05, 0.1) is 21.4 Å². The predicted octanol–water partition coefficient (Wildman–Crippen LogP) is 5.35. The number of rotatable bonds is 5. The second-order valence-corrected chi connectivity index (χ2v) is 7.28. The van der Waals surface area contributed by atoms with Gasteiger partial charge in [0.25, 0.3) is 0 Å². The number of thiazole rings is 1. The smallest absolute Gasteiger partial charge is 0.246 e. The first-order chi connectivity index (χ1) is 12.4. The van der Waals surface area contributed by atoms with Crippen molar-refractivity contribution in [1.82, 2.24) is 4.98 Å². The van der Waals surface area contributed by atoms with E-state index in [4.69, 9.17) is 11.6 Å². The second-order valence-electron chi connectivity index (χ2n) is 5.81. The number of nitrogens with one attached hydrogen (secondary N) is 2. The molecule has 1 atom stereocenters. The van der Waals surface area contributed by atoms with Crippen molar-refractivity contribution in [3.63, 3.8) is 0 Å². The van der Waals surface area contributed by atoms with Gasteiger partial charge in [-0.15, -0.1) is 11.3 Å². The van der Waals surface area contributed by atoms with Crippen LogP contribution in [0, 0.1) is 12.7 Å². The Morgan fingerprint density at radius 1 is 1.23 bits per heavy atom. The molecule has 3 aromatic rings. The SMILES string of the molecule is Cc1nc(-c2ccc(NC(C)C(=O)Nc3ccc(F)cc3Cl)cc2)cs1. The van der Waals surface area contributed by atoms with Crippen molar-refractivity contribution in [3.05, 3.63) is 63.7 Å². The van der Waals surface area contributed by atoms with E-state index in [1.54, 1.807) is 18.3 Å². The van der Waals surface area contributed by atoms with Gasteiger partial charge in [-0.25, -0.2) is 9.37 Å². The Morgan fingerprint density at radius 2 is 1.96 bits per heavy atom. The van der Waals surface area contributed by atoms with Crippen molar-refractivity contribution in [2.45, 2.75) is 19.9 Å². The zero-order valence-electron chi connectivity index (χ0n) is 14.2. The summed E-state index contributed by atoms with van der Waals surface area (Å²) in [7, 11) is 0. The van der Waals surface area contributed by atoms with Crippen molar-refractivity contribution in [2.24, 2.45) is 0 Å². The third-order valence-electron chi connectivity index (χ3n) is 3.77. The van der Waals surface area contributed by atoms with Gasteiger partial charge >= 0.3 is 0 Å².